The number of aromatic nitrogens is 3. The molecular formula is C14H19N5O2. The van der Waals surface area contributed by atoms with E-state index in [2.05, 4.69) is 26.9 Å². The van der Waals surface area contributed by atoms with Crippen molar-refractivity contribution in [2.75, 3.05) is 32.0 Å². The smallest absolute Gasteiger partial charge is 0.276 e. The lowest BCUT2D eigenvalue weighted by Gasteiger charge is -2.30. The van der Waals surface area contributed by atoms with Crippen LogP contribution in [0.1, 0.15) is 25.3 Å². The SMILES string of the molecule is CCCN1CCOC(c2noc(-c3ccc(N)cn3)n2)C1. The van der Waals surface area contributed by atoms with Crippen LogP contribution >= 0.6 is 0 Å². The molecule has 1 saturated heterocycles. The monoisotopic (exact) mass is 289 g/mol. The fourth-order valence-corrected chi connectivity index (χ4v) is 2.38. The molecule has 3 heterocycles. The van der Waals surface area contributed by atoms with Gasteiger partial charge in [-0.2, -0.15) is 4.98 Å². The van der Waals surface area contributed by atoms with Crippen LogP contribution < -0.4 is 5.73 Å². The van der Waals surface area contributed by atoms with Gasteiger partial charge in [0.15, 0.2) is 0 Å². The van der Waals surface area contributed by atoms with Crippen molar-refractivity contribution in [1.29, 1.82) is 0 Å². The number of hydrogen-bond donors (Lipinski definition) is 1. The first kappa shape index (κ1) is 14.0. The molecular weight excluding hydrogens is 270 g/mol. The third-order valence-corrected chi connectivity index (χ3v) is 3.43. The van der Waals surface area contributed by atoms with Gasteiger partial charge in [-0.1, -0.05) is 12.1 Å². The lowest BCUT2D eigenvalue weighted by atomic mass is 10.2. The van der Waals surface area contributed by atoms with Gasteiger partial charge in [0, 0.05) is 13.1 Å². The molecule has 1 aliphatic heterocycles. The Labute approximate surface area is 123 Å². The molecule has 0 aliphatic carbocycles. The van der Waals surface area contributed by atoms with E-state index in [0.29, 0.717) is 29.7 Å². The van der Waals surface area contributed by atoms with Gasteiger partial charge < -0.3 is 15.0 Å². The fourth-order valence-electron chi connectivity index (χ4n) is 2.38. The van der Waals surface area contributed by atoms with Crippen LogP contribution in [0.2, 0.25) is 0 Å². The summed E-state index contributed by atoms with van der Waals surface area (Å²) >= 11 is 0. The molecule has 2 aromatic rings. The number of hydrogen-bond acceptors (Lipinski definition) is 7. The van der Waals surface area contributed by atoms with E-state index in [1.165, 1.54) is 0 Å². The topological polar surface area (TPSA) is 90.3 Å². The van der Waals surface area contributed by atoms with Crippen LogP contribution in [0.3, 0.4) is 0 Å². The summed E-state index contributed by atoms with van der Waals surface area (Å²) in [7, 11) is 0. The highest BCUT2D eigenvalue weighted by Crippen LogP contribution is 2.23. The summed E-state index contributed by atoms with van der Waals surface area (Å²) in [5.74, 6) is 0.964. The number of ether oxygens (including phenoxy) is 1. The van der Waals surface area contributed by atoms with Crippen LogP contribution in [-0.2, 0) is 4.74 Å². The van der Waals surface area contributed by atoms with E-state index in [9.17, 15) is 0 Å². The van der Waals surface area contributed by atoms with Crippen molar-refractivity contribution in [1.82, 2.24) is 20.0 Å². The quantitative estimate of drug-likeness (QED) is 0.912. The zero-order valence-electron chi connectivity index (χ0n) is 12.0. The molecule has 1 aliphatic rings. The molecule has 2 N–H and O–H groups in total. The molecule has 0 saturated carbocycles. The maximum atomic E-state index is 5.74. The van der Waals surface area contributed by atoms with Crippen molar-refractivity contribution < 1.29 is 9.26 Å². The molecule has 112 valence electrons. The summed E-state index contributed by atoms with van der Waals surface area (Å²) in [5, 5.41) is 4.02. The molecule has 1 unspecified atom stereocenters. The van der Waals surface area contributed by atoms with Gasteiger partial charge >= 0.3 is 0 Å². The number of nitrogen functional groups attached to an aromatic ring is 1. The largest absolute Gasteiger partial charge is 0.397 e. The highest BCUT2D eigenvalue weighted by atomic mass is 16.5. The second-order valence-corrected chi connectivity index (χ2v) is 5.09. The van der Waals surface area contributed by atoms with Crippen LogP contribution in [0.15, 0.2) is 22.9 Å². The van der Waals surface area contributed by atoms with E-state index in [-0.39, 0.29) is 6.10 Å². The van der Waals surface area contributed by atoms with Crippen molar-refractivity contribution in [2.45, 2.75) is 19.4 Å². The maximum Gasteiger partial charge on any atom is 0.276 e. The van der Waals surface area contributed by atoms with Gasteiger partial charge in [-0.15, -0.1) is 0 Å². The first-order chi connectivity index (χ1) is 10.3. The normalized spacial score (nSPS) is 19.8. The standard InChI is InChI=1S/C14H19N5O2/c1-2-5-19-6-7-20-12(9-19)13-17-14(21-18-13)11-4-3-10(15)8-16-11/h3-4,8,12H,2,5-7,9,15H2,1H3. The van der Waals surface area contributed by atoms with Crippen LogP contribution in [0.5, 0.6) is 0 Å². The van der Waals surface area contributed by atoms with E-state index in [1.807, 2.05) is 0 Å². The highest BCUT2D eigenvalue weighted by Gasteiger charge is 2.26. The maximum absolute atomic E-state index is 5.74. The Kier molecular flexibility index (Phi) is 4.12. The van der Waals surface area contributed by atoms with E-state index >= 15 is 0 Å². The van der Waals surface area contributed by atoms with Gasteiger partial charge in [0.25, 0.3) is 5.89 Å². The summed E-state index contributed by atoms with van der Waals surface area (Å²) in [5.41, 5.74) is 6.83. The van der Waals surface area contributed by atoms with Gasteiger partial charge in [-0.05, 0) is 25.1 Å². The molecule has 7 nitrogen and oxygen atoms in total. The summed E-state index contributed by atoms with van der Waals surface area (Å²) in [6, 6.07) is 3.52. The molecule has 3 rings (SSSR count). The third kappa shape index (κ3) is 3.20. The van der Waals surface area contributed by atoms with Crippen molar-refractivity contribution in [3.05, 3.63) is 24.2 Å². The molecule has 0 spiro atoms. The van der Waals surface area contributed by atoms with Gasteiger partial charge in [0.2, 0.25) is 5.82 Å². The first-order valence-electron chi connectivity index (χ1n) is 7.15. The number of rotatable bonds is 4. The average Bonchev–Trinajstić information content (AvgIpc) is 2.98. The summed E-state index contributed by atoms with van der Waals surface area (Å²) in [6.07, 6.45) is 2.55. The fraction of sp³-hybridized carbons (Fsp3) is 0.500. The molecule has 0 amide bonds. The molecule has 2 aromatic heterocycles. The third-order valence-electron chi connectivity index (χ3n) is 3.43. The zero-order chi connectivity index (χ0) is 14.7. The average molecular weight is 289 g/mol. The minimum Gasteiger partial charge on any atom is -0.397 e. The molecule has 1 atom stereocenters. The lowest BCUT2D eigenvalue weighted by molar-refractivity contribution is -0.0350. The van der Waals surface area contributed by atoms with Crippen molar-refractivity contribution in [3.8, 4) is 11.6 Å². The molecule has 0 aromatic carbocycles. The Balaban J connectivity index is 1.73. The molecule has 7 heteroatoms. The van der Waals surface area contributed by atoms with Gasteiger partial charge in [0.1, 0.15) is 11.8 Å². The Hall–Kier alpha value is -1.99. The molecule has 0 bridgehead atoms. The van der Waals surface area contributed by atoms with Gasteiger partial charge in [-0.3, -0.25) is 4.90 Å². The number of anilines is 1. The van der Waals surface area contributed by atoms with E-state index in [4.69, 9.17) is 15.0 Å². The first-order valence-corrected chi connectivity index (χ1v) is 7.15. The summed E-state index contributed by atoms with van der Waals surface area (Å²) < 4.78 is 11.0. The number of morpholine rings is 1. The van der Waals surface area contributed by atoms with Crippen LogP contribution in [0.4, 0.5) is 5.69 Å². The number of pyridine rings is 1. The van der Waals surface area contributed by atoms with Gasteiger partial charge in [0.05, 0.1) is 18.5 Å². The Morgan fingerprint density at radius 3 is 3.10 bits per heavy atom. The Bertz CT molecular complexity index is 581. The van der Waals surface area contributed by atoms with Crippen molar-refractivity contribution in [2.24, 2.45) is 0 Å². The van der Waals surface area contributed by atoms with Crippen molar-refractivity contribution in [3.63, 3.8) is 0 Å². The zero-order valence-corrected chi connectivity index (χ0v) is 12.0. The molecule has 1 fully saturated rings. The minimum absolute atomic E-state index is 0.142. The predicted molar refractivity (Wildman–Crippen MR) is 77.4 cm³/mol. The second kappa shape index (κ2) is 6.19. The van der Waals surface area contributed by atoms with Crippen LogP contribution in [0.25, 0.3) is 11.6 Å². The Morgan fingerprint density at radius 1 is 1.43 bits per heavy atom. The Morgan fingerprint density at radius 2 is 2.33 bits per heavy atom. The van der Waals surface area contributed by atoms with Crippen LogP contribution in [-0.4, -0.2) is 46.3 Å². The van der Waals surface area contributed by atoms with E-state index < -0.39 is 0 Å². The number of nitrogens with zero attached hydrogens (tertiary/aromatic N) is 4. The molecule has 0 radical (unpaired) electrons. The van der Waals surface area contributed by atoms with Gasteiger partial charge in [-0.25, -0.2) is 4.98 Å². The summed E-state index contributed by atoms with van der Waals surface area (Å²) in [4.78, 5) is 10.9. The van der Waals surface area contributed by atoms with Crippen LogP contribution in [0, 0.1) is 0 Å². The highest BCUT2D eigenvalue weighted by molar-refractivity contribution is 5.50. The molecule has 21 heavy (non-hydrogen) atoms. The summed E-state index contributed by atoms with van der Waals surface area (Å²) in [6.45, 7) is 5.67. The second-order valence-electron chi connectivity index (χ2n) is 5.09. The van der Waals surface area contributed by atoms with E-state index in [1.54, 1.807) is 18.3 Å². The minimum atomic E-state index is -0.142. The predicted octanol–water partition coefficient (Wildman–Crippen LogP) is 1.50. The number of nitrogens with two attached hydrogens (primary N) is 1. The van der Waals surface area contributed by atoms with E-state index in [0.717, 1.165) is 26.1 Å². The van der Waals surface area contributed by atoms with Crippen molar-refractivity contribution >= 4 is 5.69 Å². The lowest BCUT2D eigenvalue weighted by Crippen LogP contribution is -2.39.